The minimum atomic E-state index is -0.125. The third-order valence-electron chi connectivity index (χ3n) is 4.70. The Labute approximate surface area is 177 Å². The quantitative estimate of drug-likeness (QED) is 0.627. The van der Waals surface area contributed by atoms with Gasteiger partial charge in [-0.2, -0.15) is 16.9 Å². The summed E-state index contributed by atoms with van der Waals surface area (Å²) < 4.78 is 2.71. The molecule has 2 aromatic carbocycles. The van der Waals surface area contributed by atoms with E-state index >= 15 is 0 Å². The van der Waals surface area contributed by atoms with E-state index < -0.39 is 0 Å². The summed E-state index contributed by atoms with van der Waals surface area (Å²) >= 11 is 5.43. The van der Waals surface area contributed by atoms with E-state index in [1.54, 1.807) is 17.1 Å². The van der Waals surface area contributed by atoms with Crippen molar-refractivity contribution in [2.45, 2.75) is 6.54 Å². The van der Waals surface area contributed by atoms with E-state index in [1.165, 1.54) is 17.2 Å². The summed E-state index contributed by atoms with van der Waals surface area (Å²) in [7, 11) is 0. The largest absolute Gasteiger partial charge is 0.370 e. The Bertz CT molecular complexity index is 934. The van der Waals surface area contributed by atoms with Crippen molar-refractivity contribution in [3.05, 3.63) is 76.5 Å². The maximum atomic E-state index is 12.4. The van der Waals surface area contributed by atoms with Gasteiger partial charge in [-0.1, -0.05) is 28.1 Å². The van der Waals surface area contributed by atoms with Crippen LogP contribution in [0, 0.1) is 0 Å². The number of carbonyl (C=O) groups is 1. The fourth-order valence-corrected chi connectivity index (χ4v) is 4.27. The van der Waals surface area contributed by atoms with Crippen LogP contribution in [0.25, 0.3) is 5.69 Å². The van der Waals surface area contributed by atoms with Gasteiger partial charge in [0.1, 0.15) is 0 Å². The third-order valence-corrected chi connectivity index (χ3v) is 6.17. The summed E-state index contributed by atoms with van der Waals surface area (Å²) in [5.74, 6) is 2.25. The molecule has 7 heteroatoms. The molecule has 0 radical (unpaired) electrons. The molecule has 0 saturated carbocycles. The Morgan fingerprint density at radius 3 is 2.43 bits per heavy atom. The molecule has 1 amide bonds. The normalized spacial score (nSPS) is 14.1. The summed E-state index contributed by atoms with van der Waals surface area (Å²) in [5, 5.41) is 7.26. The molecule has 0 atom stereocenters. The monoisotopic (exact) mass is 456 g/mol. The Morgan fingerprint density at radius 2 is 1.71 bits per heavy atom. The van der Waals surface area contributed by atoms with Crippen LogP contribution in [-0.2, 0) is 6.54 Å². The van der Waals surface area contributed by atoms with Gasteiger partial charge in [-0.05, 0) is 42.0 Å². The summed E-state index contributed by atoms with van der Waals surface area (Å²) in [6, 6.07) is 16.2. The highest BCUT2D eigenvalue weighted by Crippen LogP contribution is 2.20. The summed E-state index contributed by atoms with van der Waals surface area (Å²) in [6.45, 7) is 2.70. The molecule has 1 saturated heterocycles. The molecule has 0 aliphatic carbocycles. The lowest BCUT2D eigenvalue weighted by Gasteiger charge is -2.28. The van der Waals surface area contributed by atoms with Crippen molar-refractivity contribution in [3.8, 4) is 5.69 Å². The molecule has 4 rings (SSSR count). The van der Waals surface area contributed by atoms with E-state index in [2.05, 4.69) is 55.5 Å². The SMILES string of the molecule is O=C(NCc1ccc(N2CCSCC2)cc1)c1cnn(-c2ccc(Br)cc2)c1. The molecule has 5 nitrogen and oxygen atoms in total. The minimum absolute atomic E-state index is 0.125. The zero-order chi connectivity index (χ0) is 19.3. The Morgan fingerprint density at radius 1 is 1.04 bits per heavy atom. The van der Waals surface area contributed by atoms with Crippen LogP contribution < -0.4 is 10.2 Å². The van der Waals surface area contributed by atoms with Crippen molar-refractivity contribution < 1.29 is 4.79 Å². The number of benzene rings is 2. The highest BCUT2D eigenvalue weighted by atomic mass is 79.9. The smallest absolute Gasteiger partial charge is 0.254 e. The highest BCUT2D eigenvalue weighted by Gasteiger charge is 2.12. The maximum Gasteiger partial charge on any atom is 0.254 e. The number of rotatable bonds is 5. The number of hydrogen-bond donors (Lipinski definition) is 1. The number of halogens is 1. The van der Waals surface area contributed by atoms with Crippen LogP contribution in [0.5, 0.6) is 0 Å². The molecule has 1 aliphatic heterocycles. The molecule has 0 unspecified atom stereocenters. The van der Waals surface area contributed by atoms with Gasteiger partial charge in [0.05, 0.1) is 17.4 Å². The molecule has 28 heavy (non-hydrogen) atoms. The van der Waals surface area contributed by atoms with Crippen molar-refractivity contribution in [2.75, 3.05) is 29.5 Å². The number of nitrogens with one attached hydrogen (secondary N) is 1. The third kappa shape index (κ3) is 4.59. The first-order chi connectivity index (χ1) is 13.7. The van der Waals surface area contributed by atoms with Crippen molar-refractivity contribution in [1.82, 2.24) is 15.1 Å². The number of aromatic nitrogens is 2. The number of anilines is 1. The molecule has 144 valence electrons. The van der Waals surface area contributed by atoms with Crippen LogP contribution >= 0.6 is 27.7 Å². The lowest BCUT2D eigenvalue weighted by molar-refractivity contribution is 0.0951. The van der Waals surface area contributed by atoms with Crippen LogP contribution in [0.2, 0.25) is 0 Å². The number of carbonyl (C=O) groups excluding carboxylic acids is 1. The van der Waals surface area contributed by atoms with Gasteiger partial charge < -0.3 is 10.2 Å². The second-order valence-corrected chi connectivity index (χ2v) is 8.74. The van der Waals surface area contributed by atoms with Gasteiger partial charge in [-0.3, -0.25) is 4.79 Å². The van der Waals surface area contributed by atoms with E-state index in [0.29, 0.717) is 12.1 Å². The number of hydrogen-bond acceptors (Lipinski definition) is 4. The Kier molecular flexibility index (Phi) is 6.02. The van der Waals surface area contributed by atoms with Crippen molar-refractivity contribution in [2.24, 2.45) is 0 Å². The van der Waals surface area contributed by atoms with Gasteiger partial charge in [0, 0.05) is 47.5 Å². The van der Waals surface area contributed by atoms with Crippen LogP contribution in [0.3, 0.4) is 0 Å². The van der Waals surface area contributed by atoms with Crippen molar-refractivity contribution in [3.63, 3.8) is 0 Å². The van der Waals surface area contributed by atoms with Crippen LogP contribution in [0.1, 0.15) is 15.9 Å². The first-order valence-corrected chi connectivity index (χ1v) is 11.1. The lowest BCUT2D eigenvalue weighted by atomic mass is 10.2. The van der Waals surface area contributed by atoms with Gasteiger partial charge in [0.2, 0.25) is 0 Å². The lowest BCUT2D eigenvalue weighted by Crippen LogP contribution is -2.32. The minimum Gasteiger partial charge on any atom is -0.370 e. The van der Waals surface area contributed by atoms with Crippen LogP contribution in [-0.4, -0.2) is 40.3 Å². The van der Waals surface area contributed by atoms with Gasteiger partial charge in [-0.25, -0.2) is 4.68 Å². The second-order valence-electron chi connectivity index (χ2n) is 6.60. The molecule has 3 aromatic rings. The molecule has 0 spiro atoms. The highest BCUT2D eigenvalue weighted by molar-refractivity contribution is 9.10. The number of thioether (sulfide) groups is 1. The second kappa shape index (κ2) is 8.84. The van der Waals surface area contributed by atoms with E-state index in [-0.39, 0.29) is 5.91 Å². The van der Waals surface area contributed by atoms with Gasteiger partial charge >= 0.3 is 0 Å². The molecule has 2 heterocycles. The van der Waals surface area contributed by atoms with E-state index in [1.807, 2.05) is 36.0 Å². The van der Waals surface area contributed by atoms with E-state index in [4.69, 9.17) is 0 Å². The molecular formula is C21H21BrN4OS. The summed E-state index contributed by atoms with van der Waals surface area (Å²) in [5.41, 5.74) is 3.80. The molecule has 1 fully saturated rings. The van der Waals surface area contributed by atoms with Gasteiger partial charge in [-0.15, -0.1) is 0 Å². The fourth-order valence-electron chi connectivity index (χ4n) is 3.11. The zero-order valence-electron chi connectivity index (χ0n) is 15.3. The number of nitrogens with zero attached hydrogens (tertiary/aromatic N) is 3. The molecule has 1 N–H and O–H groups in total. The average Bonchev–Trinajstić information content (AvgIpc) is 3.24. The standard InChI is InChI=1S/C21H21BrN4OS/c22-18-3-7-20(8-4-18)26-15-17(14-24-26)21(27)23-13-16-1-5-19(6-2-16)25-9-11-28-12-10-25/h1-8,14-15H,9-13H2,(H,23,27). The Balaban J connectivity index is 1.34. The first-order valence-electron chi connectivity index (χ1n) is 9.19. The van der Waals surface area contributed by atoms with Crippen LogP contribution in [0.4, 0.5) is 5.69 Å². The molecule has 1 aromatic heterocycles. The fraction of sp³-hybridized carbons (Fsp3) is 0.238. The maximum absolute atomic E-state index is 12.4. The molecule has 1 aliphatic rings. The van der Waals surface area contributed by atoms with Gasteiger partial charge in [0.15, 0.2) is 0 Å². The number of amides is 1. The Hall–Kier alpha value is -2.25. The topological polar surface area (TPSA) is 50.2 Å². The predicted molar refractivity (Wildman–Crippen MR) is 118 cm³/mol. The first kappa shape index (κ1) is 19.1. The molecular weight excluding hydrogens is 436 g/mol. The summed E-state index contributed by atoms with van der Waals surface area (Å²) in [4.78, 5) is 14.9. The summed E-state index contributed by atoms with van der Waals surface area (Å²) in [6.07, 6.45) is 3.34. The van der Waals surface area contributed by atoms with Crippen molar-refractivity contribution >= 4 is 39.3 Å². The predicted octanol–water partition coefficient (Wildman–Crippen LogP) is 4.12. The van der Waals surface area contributed by atoms with Crippen molar-refractivity contribution in [1.29, 1.82) is 0 Å². The average molecular weight is 457 g/mol. The van der Waals surface area contributed by atoms with E-state index in [9.17, 15) is 4.79 Å². The van der Waals surface area contributed by atoms with E-state index in [0.717, 1.165) is 28.8 Å². The van der Waals surface area contributed by atoms with Crippen LogP contribution in [0.15, 0.2) is 65.4 Å². The molecule has 0 bridgehead atoms. The zero-order valence-corrected chi connectivity index (χ0v) is 17.7. The van der Waals surface area contributed by atoms with Gasteiger partial charge in [0.25, 0.3) is 5.91 Å².